The number of aliphatic imine (C=N–C) groups is 1. The highest BCUT2D eigenvalue weighted by Crippen LogP contribution is 2.16. The van der Waals surface area contributed by atoms with Crippen molar-refractivity contribution in [2.45, 2.75) is 12.8 Å². The van der Waals surface area contributed by atoms with Gasteiger partial charge >= 0.3 is 0 Å². The molecule has 1 fully saturated rings. The van der Waals surface area contributed by atoms with E-state index in [1.165, 1.54) is 17.7 Å². The van der Waals surface area contributed by atoms with E-state index in [4.69, 9.17) is 5.73 Å². The monoisotopic (exact) mass is 340 g/mol. The maximum Gasteiger partial charge on any atom is 0.191 e. The minimum absolute atomic E-state index is 0.200. The Bertz CT molecular complexity index is 677. The van der Waals surface area contributed by atoms with Crippen molar-refractivity contribution in [3.8, 4) is 0 Å². The van der Waals surface area contributed by atoms with E-state index in [1.54, 1.807) is 0 Å². The molecular formula is C20H25FN4. The van der Waals surface area contributed by atoms with Crippen molar-refractivity contribution in [2.24, 2.45) is 10.7 Å². The lowest BCUT2D eigenvalue weighted by molar-refractivity contribution is 0.380. The minimum Gasteiger partial charge on any atom is -0.370 e. The zero-order valence-electron chi connectivity index (χ0n) is 14.4. The molecule has 0 unspecified atom stereocenters. The van der Waals surface area contributed by atoms with E-state index in [0.717, 1.165) is 51.3 Å². The average Bonchev–Trinajstić information content (AvgIpc) is 2.67. The number of halogens is 1. The van der Waals surface area contributed by atoms with Gasteiger partial charge in [0.2, 0.25) is 0 Å². The van der Waals surface area contributed by atoms with E-state index < -0.39 is 0 Å². The van der Waals surface area contributed by atoms with Crippen LogP contribution in [0.1, 0.15) is 12.0 Å². The second-order valence-corrected chi connectivity index (χ2v) is 6.28. The lowest BCUT2D eigenvalue weighted by Gasteiger charge is -2.36. The number of nitrogens with zero attached hydrogens (tertiary/aromatic N) is 3. The minimum atomic E-state index is -0.200. The van der Waals surface area contributed by atoms with Gasteiger partial charge in [0.1, 0.15) is 5.82 Å². The number of hydrogen-bond acceptors (Lipinski definition) is 2. The van der Waals surface area contributed by atoms with Gasteiger partial charge < -0.3 is 15.5 Å². The Hall–Kier alpha value is -2.56. The number of anilines is 1. The highest BCUT2D eigenvalue weighted by Gasteiger charge is 2.18. The molecule has 4 nitrogen and oxygen atoms in total. The zero-order valence-corrected chi connectivity index (χ0v) is 14.4. The normalized spacial score (nSPS) is 15.5. The third kappa shape index (κ3) is 4.95. The summed E-state index contributed by atoms with van der Waals surface area (Å²) in [5.74, 6) is 0.432. The lowest BCUT2D eigenvalue weighted by Crippen LogP contribution is -2.51. The van der Waals surface area contributed by atoms with E-state index >= 15 is 0 Å². The first-order valence-corrected chi connectivity index (χ1v) is 8.82. The van der Waals surface area contributed by atoms with Gasteiger partial charge in [0, 0.05) is 38.4 Å². The molecule has 1 saturated heterocycles. The molecule has 2 aromatic rings. The van der Waals surface area contributed by atoms with Crippen molar-refractivity contribution in [3.63, 3.8) is 0 Å². The van der Waals surface area contributed by atoms with Crippen LogP contribution in [0.2, 0.25) is 0 Å². The highest BCUT2D eigenvalue weighted by atomic mass is 19.1. The van der Waals surface area contributed by atoms with Gasteiger partial charge in [0.25, 0.3) is 0 Å². The Morgan fingerprint density at radius 1 is 0.960 bits per heavy atom. The fourth-order valence-corrected chi connectivity index (χ4v) is 3.07. The van der Waals surface area contributed by atoms with Crippen LogP contribution < -0.4 is 10.6 Å². The highest BCUT2D eigenvalue weighted by molar-refractivity contribution is 5.78. The number of guanidine groups is 1. The SMILES string of the molecule is NC(=NCCCc1ccccc1)N1CCN(c2ccc(F)cc2)CC1. The number of rotatable bonds is 5. The van der Waals surface area contributed by atoms with E-state index in [1.807, 2.05) is 18.2 Å². The standard InChI is InChI=1S/C20H25FN4/c21-18-8-10-19(11-9-18)24-13-15-25(16-14-24)20(22)23-12-4-7-17-5-2-1-3-6-17/h1-3,5-6,8-11H,4,7,12-16H2,(H2,22,23). The Labute approximate surface area is 148 Å². The molecule has 0 spiro atoms. The summed E-state index contributed by atoms with van der Waals surface area (Å²) in [6.07, 6.45) is 2.02. The summed E-state index contributed by atoms with van der Waals surface area (Å²) in [5, 5.41) is 0. The molecule has 0 amide bonds. The fraction of sp³-hybridized carbons (Fsp3) is 0.350. The second-order valence-electron chi connectivity index (χ2n) is 6.28. The predicted octanol–water partition coefficient (Wildman–Crippen LogP) is 2.90. The van der Waals surface area contributed by atoms with Gasteiger partial charge in [-0.25, -0.2) is 4.39 Å². The number of hydrogen-bond donors (Lipinski definition) is 1. The molecule has 5 heteroatoms. The van der Waals surface area contributed by atoms with Gasteiger partial charge in [0.15, 0.2) is 5.96 Å². The van der Waals surface area contributed by atoms with Crippen molar-refractivity contribution in [2.75, 3.05) is 37.6 Å². The quantitative estimate of drug-likeness (QED) is 0.517. The first kappa shape index (κ1) is 17.3. The van der Waals surface area contributed by atoms with Crippen LogP contribution in [0, 0.1) is 5.82 Å². The molecule has 0 aliphatic carbocycles. The van der Waals surface area contributed by atoms with Crippen LogP contribution >= 0.6 is 0 Å². The summed E-state index contributed by atoms with van der Waals surface area (Å²) in [7, 11) is 0. The molecule has 0 atom stereocenters. The maximum absolute atomic E-state index is 13.0. The molecule has 1 heterocycles. The summed E-state index contributed by atoms with van der Waals surface area (Å²) in [4.78, 5) is 8.90. The molecule has 0 radical (unpaired) electrons. The topological polar surface area (TPSA) is 44.9 Å². The summed E-state index contributed by atoms with van der Waals surface area (Å²) in [5.41, 5.74) is 8.53. The van der Waals surface area contributed by atoms with Crippen LogP contribution in [0.15, 0.2) is 59.6 Å². The van der Waals surface area contributed by atoms with Gasteiger partial charge in [-0.15, -0.1) is 0 Å². The van der Waals surface area contributed by atoms with Gasteiger partial charge in [-0.05, 0) is 42.7 Å². The molecule has 2 N–H and O–H groups in total. The van der Waals surface area contributed by atoms with Crippen molar-refractivity contribution in [1.29, 1.82) is 0 Å². The molecule has 1 aliphatic heterocycles. The number of nitrogens with two attached hydrogens (primary N) is 1. The Kier molecular flexibility index (Phi) is 5.88. The molecule has 0 bridgehead atoms. The average molecular weight is 340 g/mol. The van der Waals surface area contributed by atoms with Gasteiger partial charge in [-0.3, -0.25) is 4.99 Å². The fourth-order valence-electron chi connectivity index (χ4n) is 3.07. The largest absolute Gasteiger partial charge is 0.370 e. The Morgan fingerprint density at radius 3 is 2.32 bits per heavy atom. The third-order valence-electron chi connectivity index (χ3n) is 4.54. The molecule has 1 aliphatic rings. The maximum atomic E-state index is 13.0. The molecule has 25 heavy (non-hydrogen) atoms. The van der Waals surface area contributed by atoms with Crippen LogP contribution in [0.3, 0.4) is 0 Å². The number of piperazine rings is 1. The van der Waals surface area contributed by atoms with E-state index in [2.05, 4.69) is 39.1 Å². The van der Waals surface area contributed by atoms with Crippen molar-refractivity contribution in [3.05, 3.63) is 66.0 Å². The summed E-state index contributed by atoms with van der Waals surface area (Å²) in [6, 6.07) is 17.1. The molecule has 2 aromatic carbocycles. The smallest absolute Gasteiger partial charge is 0.191 e. The third-order valence-corrected chi connectivity index (χ3v) is 4.54. The summed E-state index contributed by atoms with van der Waals surface area (Å²) < 4.78 is 13.0. The first-order chi connectivity index (χ1) is 12.2. The van der Waals surface area contributed by atoms with Crippen LogP contribution in [-0.4, -0.2) is 43.6 Å². The van der Waals surface area contributed by atoms with E-state index in [9.17, 15) is 4.39 Å². The molecule has 3 rings (SSSR count). The number of aryl methyl sites for hydroxylation is 1. The van der Waals surface area contributed by atoms with Crippen molar-refractivity contribution >= 4 is 11.6 Å². The van der Waals surface area contributed by atoms with E-state index in [-0.39, 0.29) is 5.82 Å². The molecule has 0 saturated carbocycles. The van der Waals surface area contributed by atoms with Crippen LogP contribution in [0.4, 0.5) is 10.1 Å². The van der Waals surface area contributed by atoms with Gasteiger partial charge in [-0.1, -0.05) is 30.3 Å². The van der Waals surface area contributed by atoms with Crippen LogP contribution in [-0.2, 0) is 6.42 Å². The lowest BCUT2D eigenvalue weighted by atomic mass is 10.1. The Morgan fingerprint density at radius 2 is 1.64 bits per heavy atom. The molecule has 132 valence electrons. The van der Waals surface area contributed by atoms with E-state index in [0.29, 0.717) is 5.96 Å². The summed E-state index contributed by atoms with van der Waals surface area (Å²) in [6.45, 7) is 4.16. The van der Waals surface area contributed by atoms with Gasteiger partial charge in [0.05, 0.1) is 0 Å². The number of benzene rings is 2. The molecular weight excluding hydrogens is 315 g/mol. The second kappa shape index (κ2) is 8.51. The van der Waals surface area contributed by atoms with Crippen LogP contribution in [0.5, 0.6) is 0 Å². The molecule has 0 aromatic heterocycles. The van der Waals surface area contributed by atoms with Crippen molar-refractivity contribution in [1.82, 2.24) is 4.90 Å². The van der Waals surface area contributed by atoms with Gasteiger partial charge in [-0.2, -0.15) is 0 Å². The summed E-state index contributed by atoms with van der Waals surface area (Å²) >= 11 is 0. The van der Waals surface area contributed by atoms with Crippen LogP contribution in [0.25, 0.3) is 0 Å². The predicted molar refractivity (Wildman–Crippen MR) is 101 cm³/mol. The van der Waals surface area contributed by atoms with Crippen molar-refractivity contribution < 1.29 is 4.39 Å². The Balaban J connectivity index is 1.43. The zero-order chi connectivity index (χ0) is 17.5. The first-order valence-electron chi connectivity index (χ1n) is 8.82.